The maximum absolute atomic E-state index is 12.3. The summed E-state index contributed by atoms with van der Waals surface area (Å²) < 4.78 is 5.22. The summed E-state index contributed by atoms with van der Waals surface area (Å²) in [6.07, 6.45) is 3.89. The zero-order chi connectivity index (χ0) is 17.5. The van der Waals surface area contributed by atoms with Gasteiger partial charge in [-0.2, -0.15) is 0 Å². The van der Waals surface area contributed by atoms with Crippen LogP contribution >= 0.6 is 0 Å². The van der Waals surface area contributed by atoms with Gasteiger partial charge < -0.3 is 14.9 Å². The first-order valence-electron chi connectivity index (χ1n) is 8.09. The summed E-state index contributed by atoms with van der Waals surface area (Å²) in [6, 6.07) is 15.0. The third kappa shape index (κ3) is 4.30. The Morgan fingerprint density at radius 3 is 2.76 bits per heavy atom. The number of rotatable bonds is 7. The molecule has 6 nitrogen and oxygen atoms in total. The van der Waals surface area contributed by atoms with Crippen LogP contribution in [0.25, 0.3) is 11.3 Å². The van der Waals surface area contributed by atoms with Crippen LogP contribution in [0.2, 0.25) is 0 Å². The van der Waals surface area contributed by atoms with Crippen LogP contribution in [-0.2, 0) is 0 Å². The molecule has 0 saturated heterocycles. The van der Waals surface area contributed by atoms with Crippen molar-refractivity contribution in [3.63, 3.8) is 0 Å². The standard InChI is InChI=1S/C19H19N3O3/c23-10-8-15(14-5-2-1-3-6-14)13-21-19(24)17-11-18(25-22-17)16-7-4-9-20-12-16/h1-7,9,11-12,15,23H,8,10,13H2,(H,21,24). The van der Waals surface area contributed by atoms with E-state index in [-0.39, 0.29) is 24.1 Å². The van der Waals surface area contributed by atoms with E-state index in [4.69, 9.17) is 4.52 Å². The second-order valence-corrected chi connectivity index (χ2v) is 5.65. The Morgan fingerprint density at radius 2 is 2.04 bits per heavy atom. The van der Waals surface area contributed by atoms with E-state index in [1.807, 2.05) is 36.4 Å². The minimum atomic E-state index is -0.308. The number of hydrogen-bond donors (Lipinski definition) is 2. The molecule has 2 heterocycles. The minimum Gasteiger partial charge on any atom is -0.396 e. The molecule has 1 amide bonds. The van der Waals surface area contributed by atoms with Crippen LogP contribution in [0.15, 0.2) is 65.4 Å². The topological polar surface area (TPSA) is 88.2 Å². The van der Waals surface area contributed by atoms with Gasteiger partial charge in [-0.15, -0.1) is 0 Å². The molecule has 2 N–H and O–H groups in total. The van der Waals surface area contributed by atoms with Crippen LogP contribution in [0.1, 0.15) is 28.4 Å². The number of amides is 1. The predicted octanol–water partition coefficient (Wildman–Crippen LogP) is 2.63. The van der Waals surface area contributed by atoms with E-state index in [2.05, 4.69) is 15.5 Å². The molecule has 1 unspecified atom stereocenters. The molecule has 0 aliphatic rings. The van der Waals surface area contributed by atoms with Crippen LogP contribution in [-0.4, -0.2) is 34.3 Å². The van der Waals surface area contributed by atoms with Crippen LogP contribution in [0.4, 0.5) is 0 Å². The van der Waals surface area contributed by atoms with Gasteiger partial charge in [-0.3, -0.25) is 9.78 Å². The van der Waals surface area contributed by atoms with E-state index in [1.165, 1.54) is 0 Å². The number of pyridine rings is 1. The molecule has 128 valence electrons. The number of benzene rings is 1. The quantitative estimate of drug-likeness (QED) is 0.692. The Balaban J connectivity index is 1.65. The molecule has 0 fully saturated rings. The van der Waals surface area contributed by atoms with Crippen molar-refractivity contribution in [1.82, 2.24) is 15.5 Å². The van der Waals surface area contributed by atoms with E-state index >= 15 is 0 Å². The fraction of sp³-hybridized carbons (Fsp3) is 0.211. The van der Waals surface area contributed by atoms with Crippen LogP contribution < -0.4 is 5.32 Å². The molecule has 0 spiro atoms. The number of aromatic nitrogens is 2. The lowest BCUT2D eigenvalue weighted by atomic mass is 9.96. The van der Waals surface area contributed by atoms with Gasteiger partial charge in [0, 0.05) is 43.1 Å². The lowest BCUT2D eigenvalue weighted by Crippen LogP contribution is -2.29. The largest absolute Gasteiger partial charge is 0.396 e. The van der Waals surface area contributed by atoms with Crippen molar-refractivity contribution in [1.29, 1.82) is 0 Å². The first kappa shape index (κ1) is 16.9. The van der Waals surface area contributed by atoms with Crippen LogP contribution in [0.5, 0.6) is 0 Å². The Morgan fingerprint density at radius 1 is 1.20 bits per heavy atom. The number of carbonyl (C=O) groups excluding carboxylic acids is 1. The van der Waals surface area contributed by atoms with Gasteiger partial charge in [-0.25, -0.2) is 0 Å². The normalized spacial score (nSPS) is 11.9. The fourth-order valence-corrected chi connectivity index (χ4v) is 2.60. The lowest BCUT2D eigenvalue weighted by Gasteiger charge is -2.16. The van der Waals surface area contributed by atoms with Crippen molar-refractivity contribution < 1.29 is 14.4 Å². The highest BCUT2D eigenvalue weighted by atomic mass is 16.5. The van der Waals surface area contributed by atoms with E-state index in [9.17, 15) is 9.90 Å². The molecule has 1 atom stereocenters. The van der Waals surface area contributed by atoms with Crippen molar-refractivity contribution in [2.75, 3.05) is 13.2 Å². The molecule has 6 heteroatoms. The lowest BCUT2D eigenvalue weighted by molar-refractivity contribution is 0.0940. The zero-order valence-corrected chi connectivity index (χ0v) is 13.6. The molecular formula is C19H19N3O3. The van der Waals surface area contributed by atoms with Gasteiger partial charge in [0.1, 0.15) is 0 Å². The summed E-state index contributed by atoms with van der Waals surface area (Å²) in [7, 11) is 0. The van der Waals surface area contributed by atoms with Gasteiger partial charge in [0.2, 0.25) is 0 Å². The van der Waals surface area contributed by atoms with Gasteiger partial charge in [-0.05, 0) is 24.1 Å². The molecule has 2 aromatic heterocycles. The third-order valence-electron chi connectivity index (χ3n) is 3.95. The second-order valence-electron chi connectivity index (χ2n) is 5.65. The minimum absolute atomic E-state index is 0.0415. The number of carbonyl (C=O) groups is 1. The van der Waals surface area contributed by atoms with Crippen molar-refractivity contribution in [2.24, 2.45) is 0 Å². The zero-order valence-electron chi connectivity index (χ0n) is 13.6. The summed E-state index contributed by atoms with van der Waals surface area (Å²) in [5, 5.41) is 15.9. The number of nitrogens with zero attached hydrogens (tertiary/aromatic N) is 2. The molecule has 25 heavy (non-hydrogen) atoms. The fourth-order valence-electron chi connectivity index (χ4n) is 2.60. The first-order valence-corrected chi connectivity index (χ1v) is 8.09. The van der Waals surface area contributed by atoms with Crippen molar-refractivity contribution >= 4 is 5.91 Å². The number of aliphatic hydroxyl groups is 1. The highest BCUT2D eigenvalue weighted by molar-refractivity contribution is 5.93. The summed E-state index contributed by atoms with van der Waals surface area (Å²) in [4.78, 5) is 16.3. The average molecular weight is 337 g/mol. The van der Waals surface area contributed by atoms with Gasteiger partial charge in [0.25, 0.3) is 5.91 Å². The Hall–Kier alpha value is -2.99. The molecular weight excluding hydrogens is 318 g/mol. The molecule has 0 saturated carbocycles. The molecule has 1 aromatic carbocycles. The van der Waals surface area contributed by atoms with Crippen molar-refractivity contribution in [3.8, 4) is 11.3 Å². The van der Waals surface area contributed by atoms with Crippen molar-refractivity contribution in [2.45, 2.75) is 12.3 Å². The highest BCUT2D eigenvalue weighted by Crippen LogP contribution is 2.20. The SMILES string of the molecule is O=C(NCC(CCO)c1ccccc1)c1cc(-c2cccnc2)on1. The number of nitrogens with one attached hydrogen (secondary N) is 1. The smallest absolute Gasteiger partial charge is 0.273 e. The molecule has 3 aromatic rings. The molecule has 0 aliphatic heterocycles. The maximum atomic E-state index is 12.3. The van der Waals surface area contributed by atoms with E-state index in [0.717, 1.165) is 11.1 Å². The van der Waals surface area contributed by atoms with Crippen LogP contribution in [0, 0.1) is 0 Å². The molecule has 0 aliphatic carbocycles. The summed E-state index contributed by atoms with van der Waals surface area (Å²) in [6.45, 7) is 0.475. The van der Waals surface area contributed by atoms with Gasteiger partial charge >= 0.3 is 0 Å². The Bertz CT molecular complexity index is 803. The van der Waals surface area contributed by atoms with Gasteiger partial charge in [-0.1, -0.05) is 35.5 Å². The summed E-state index contributed by atoms with van der Waals surface area (Å²) >= 11 is 0. The summed E-state index contributed by atoms with van der Waals surface area (Å²) in [5.41, 5.74) is 2.05. The van der Waals surface area contributed by atoms with Crippen molar-refractivity contribution in [3.05, 3.63) is 72.2 Å². The number of aliphatic hydroxyl groups excluding tert-OH is 1. The first-order chi connectivity index (χ1) is 12.3. The molecule has 0 bridgehead atoms. The van der Waals surface area contributed by atoms with E-state index < -0.39 is 0 Å². The Kier molecular flexibility index (Phi) is 5.53. The predicted molar refractivity (Wildman–Crippen MR) is 93.0 cm³/mol. The second kappa shape index (κ2) is 8.21. The molecule has 0 radical (unpaired) electrons. The van der Waals surface area contributed by atoms with E-state index in [1.54, 1.807) is 24.5 Å². The Labute approximate surface area is 145 Å². The highest BCUT2D eigenvalue weighted by Gasteiger charge is 2.16. The third-order valence-corrected chi connectivity index (χ3v) is 3.95. The maximum Gasteiger partial charge on any atom is 0.273 e. The van der Waals surface area contributed by atoms with Gasteiger partial charge in [0.15, 0.2) is 11.5 Å². The summed E-state index contributed by atoms with van der Waals surface area (Å²) in [5.74, 6) is 0.228. The monoisotopic (exact) mass is 337 g/mol. The van der Waals surface area contributed by atoms with Crippen LogP contribution in [0.3, 0.4) is 0 Å². The van der Waals surface area contributed by atoms with Gasteiger partial charge in [0.05, 0.1) is 0 Å². The average Bonchev–Trinajstić information content (AvgIpc) is 3.16. The number of hydrogen-bond acceptors (Lipinski definition) is 5. The molecule has 3 rings (SSSR count). The van der Waals surface area contributed by atoms with E-state index in [0.29, 0.717) is 18.7 Å².